The number of hydrogen-bond donors (Lipinski definition) is 1. The monoisotopic (exact) mass is 369 g/mol. The molecule has 0 aliphatic rings. The first-order chi connectivity index (χ1) is 8.49. The quantitative estimate of drug-likeness (QED) is 0.591. The lowest BCUT2D eigenvalue weighted by Gasteiger charge is -2.10. The van der Waals surface area contributed by atoms with Crippen LogP contribution >= 0.6 is 50.7 Å². The fraction of sp³-hybridized carbons (Fsp3) is 0. The van der Waals surface area contributed by atoms with Gasteiger partial charge in [-0.2, -0.15) is 4.98 Å². The van der Waals surface area contributed by atoms with E-state index in [1.54, 1.807) is 12.1 Å². The molecule has 0 saturated heterocycles. The normalized spacial score (nSPS) is 10.5. The van der Waals surface area contributed by atoms with Crippen molar-refractivity contribution >= 4 is 62.2 Å². The summed E-state index contributed by atoms with van der Waals surface area (Å²) < 4.78 is 14.1. The summed E-state index contributed by atoms with van der Waals surface area (Å²) in [6.45, 7) is 0. The fourth-order valence-corrected chi connectivity index (χ4v) is 2.14. The first-order valence-electron chi connectivity index (χ1n) is 4.57. The van der Waals surface area contributed by atoms with E-state index >= 15 is 0 Å². The van der Waals surface area contributed by atoms with Crippen LogP contribution in [0.25, 0.3) is 0 Å². The Morgan fingerprint density at radius 1 is 1.17 bits per heavy atom. The van der Waals surface area contributed by atoms with Crippen LogP contribution in [-0.4, -0.2) is 9.97 Å². The molecule has 0 aliphatic heterocycles. The number of benzene rings is 1. The standard InChI is InChI=1S/C10H4BrCl3FN3/c11-4-1-2-6(8(13)7(4)12)17-9-5(15)3-16-10(14)18-9/h1-3H,(H,16,17,18). The maximum Gasteiger partial charge on any atom is 0.224 e. The largest absolute Gasteiger partial charge is 0.336 e. The molecule has 1 N–H and O–H groups in total. The minimum atomic E-state index is -0.644. The minimum absolute atomic E-state index is 0.0711. The lowest BCUT2D eigenvalue weighted by molar-refractivity contribution is 0.619. The van der Waals surface area contributed by atoms with E-state index in [4.69, 9.17) is 34.8 Å². The molecule has 0 aliphatic carbocycles. The number of aromatic nitrogens is 2. The molecule has 0 spiro atoms. The van der Waals surface area contributed by atoms with Gasteiger partial charge >= 0.3 is 0 Å². The Balaban J connectivity index is 2.40. The van der Waals surface area contributed by atoms with Gasteiger partial charge in [0.05, 0.1) is 21.9 Å². The third-order valence-electron chi connectivity index (χ3n) is 2.00. The van der Waals surface area contributed by atoms with Crippen molar-refractivity contribution in [2.45, 2.75) is 0 Å². The number of nitrogens with zero attached hydrogens (tertiary/aromatic N) is 2. The molecular weight excluding hydrogens is 367 g/mol. The second kappa shape index (κ2) is 5.57. The molecule has 94 valence electrons. The Morgan fingerprint density at radius 3 is 2.61 bits per heavy atom. The SMILES string of the molecule is Fc1cnc(Cl)nc1Nc1ccc(Br)c(Cl)c1Cl. The highest BCUT2D eigenvalue weighted by Gasteiger charge is 2.12. The number of hydrogen-bond acceptors (Lipinski definition) is 3. The topological polar surface area (TPSA) is 37.8 Å². The van der Waals surface area contributed by atoms with Crippen molar-refractivity contribution in [1.82, 2.24) is 9.97 Å². The smallest absolute Gasteiger partial charge is 0.224 e. The predicted octanol–water partition coefficient (Wildman–Crippen LogP) is 5.08. The van der Waals surface area contributed by atoms with Crippen molar-refractivity contribution in [3.63, 3.8) is 0 Å². The van der Waals surface area contributed by atoms with Gasteiger partial charge in [0.1, 0.15) is 0 Å². The maximum atomic E-state index is 13.4. The first-order valence-corrected chi connectivity index (χ1v) is 6.50. The average Bonchev–Trinajstić information content (AvgIpc) is 2.34. The lowest BCUT2D eigenvalue weighted by Crippen LogP contribution is -1.99. The van der Waals surface area contributed by atoms with Crippen LogP contribution in [0.3, 0.4) is 0 Å². The number of rotatable bonds is 2. The minimum Gasteiger partial charge on any atom is -0.336 e. The highest BCUT2D eigenvalue weighted by atomic mass is 79.9. The molecule has 1 aromatic carbocycles. The van der Waals surface area contributed by atoms with Crippen LogP contribution in [0.4, 0.5) is 15.9 Å². The van der Waals surface area contributed by atoms with Gasteiger partial charge in [-0.1, -0.05) is 23.2 Å². The molecule has 0 bridgehead atoms. The van der Waals surface area contributed by atoms with Crippen LogP contribution in [-0.2, 0) is 0 Å². The van der Waals surface area contributed by atoms with Gasteiger partial charge in [-0.25, -0.2) is 9.37 Å². The van der Waals surface area contributed by atoms with E-state index in [1.165, 1.54) is 0 Å². The van der Waals surface area contributed by atoms with E-state index in [0.717, 1.165) is 6.20 Å². The van der Waals surface area contributed by atoms with Crippen molar-refractivity contribution in [3.05, 3.63) is 43.9 Å². The zero-order valence-electron chi connectivity index (χ0n) is 8.52. The highest BCUT2D eigenvalue weighted by molar-refractivity contribution is 9.10. The van der Waals surface area contributed by atoms with Crippen LogP contribution in [0.5, 0.6) is 0 Å². The van der Waals surface area contributed by atoms with Gasteiger partial charge < -0.3 is 5.32 Å². The van der Waals surface area contributed by atoms with E-state index in [0.29, 0.717) is 15.2 Å². The zero-order chi connectivity index (χ0) is 13.3. The Hall–Kier alpha value is -0.620. The fourth-order valence-electron chi connectivity index (χ4n) is 1.18. The second-order valence-electron chi connectivity index (χ2n) is 3.18. The predicted molar refractivity (Wildman–Crippen MR) is 74.4 cm³/mol. The van der Waals surface area contributed by atoms with Gasteiger partial charge in [0, 0.05) is 4.47 Å². The summed E-state index contributed by atoms with van der Waals surface area (Å²) in [5, 5.41) is 3.20. The van der Waals surface area contributed by atoms with Gasteiger partial charge in [-0.15, -0.1) is 0 Å². The number of halogens is 5. The molecule has 18 heavy (non-hydrogen) atoms. The summed E-state index contributed by atoms with van der Waals surface area (Å²) in [5.41, 5.74) is 0.415. The maximum absolute atomic E-state index is 13.4. The summed E-state index contributed by atoms with van der Waals surface area (Å²) >= 11 is 20.8. The molecule has 3 nitrogen and oxygen atoms in total. The molecule has 0 fully saturated rings. The summed E-state index contributed by atoms with van der Waals surface area (Å²) in [7, 11) is 0. The number of anilines is 2. The van der Waals surface area contributed by atoms with E-state index in [9.17, 15) is 4.39 Å². The Morgan fingerprint density at radius 2 is 1.89 bits per heavy atom. The Labute approximate surface area is 125 Å². The van der Waals surface area contributed by atoms with Gasteiger partial charge in [-0.05, 0) is 39.7 Å². The van der Waals surface area contributed by atoms with E-state index in [1.807, 2.05) is 0 Å². The molecule has 2 aromatic rings. The third kappa shape index (κ3) is 2.85. The third-order valence-corrected chi connectivity index (χ3v) is 3.96. The summed E-state index contributed by atoms with van der Waals surface area (Å²) in [6.07, 6.45) is 0.964. The molecule has 2 rings (SSSR count). The molecule has 0 radical (unpaired) electrons. The molecule has 1 heterocycles. The van der Waals surface area contributed by atoms with E-state index < -0.39 is 5.82 Å². The van der Waals surface area contributed by atoms with Crippen molar-refractivity contribution in [2.75, 3.05) is 5.32 Å². The van der Waals surface area contributed by atoms with Crippen molar-refractivity contribution < 1.29 is 4.39 Å². The highest BCUT2D eigenvalue weighted by Crippen LogP contribution is 2.37. The average molecular weight is 371 g/mol. The molecular formula is C10H4BrCl3FN3. The van der Waals surface area contributed by atoms with Gasteiger partial charge in [-0.3, -0.25) is 0 Å². The van der Waals surface area contributed by atoms with Crippen molar-refractivity contribution in [3.8, 4) is 0 Å². The molecule has 0 amide bonds. The molecule has 1 aromatic heterocycles. The Bertz CT molecular complexity index is 609. The number of nitrogens with one attached hydrogen (secondary N) is 1. The van der Waals surface area contributed by atoms with Crippen LogP contribution in [0.1, 0.15) is 0 Å². The lowest BCUT2D eigenvalue weighted by atomic mass is 10.3. The molecule has 0 saturated carbocycles. The van der Waals surface area contributed by atoms with Gasteiger partial charge in [0.15, 0.2) is 11.6 Å². The van der Waals surface area contributed by atoms with Crippen molar-refractivity contribution in [2.24, 2.45) is 0 Å². The van der Waals surface area contributed by atoms with E-state index in [-0.39, 0.29) is 16.1 Å². The summed E-state index contributed by atoms with van der Waals surface area (Å²) in [5.74, 6) is -0.718. The van der Waals surface area contributed by atoms with Crippen LogP contribution < -0.4 is 5.32 Å². The van der Waals surface area contributed by atoms with Crippen LogP contribution in [0, 0.1) is 5.82 Å². The molecule has 0 atom stereocenters. The van der Waals surface area contributed by atoms with Crippen LogP contribution in [0.2, 0.25) is 15.3 Å². The Kier molecular flexibility index (Phi) is 4.27. The van der Waals surface area contributed by atoms with Gasteiger partial charge in [0.2, 0.25) is 5.28 Å². The van der Waals surface area contributed by atoms with E-state index in [2.05, 4.69) is 31.2 Å². The molecule has 8 heteroatoms. The van der Waals surface area contributed by atoms with Crippen molar-refractivity contribution in [1.29, 1.82) is 0 Å². The van der Waals surface area contributed by atoms with Crippen LogP contribution in [0.15, 0.2) is 22.8 Å². The summed E-state index contributed by atoms with van der Waals surface area (Å²) in [4.78, 5) is 7.22. The summed E-state index contributed by atoms with van der Waals surface area (Å²) in [6, 6.07) is 3.31. The van der Waals surface area contributed by atoms with Gasteiger partial charge in [0.25, 0.3) is 0 Å². The first kappa shape index (κ1) is 13.8. The second-order valence-corrected chi connectivity index (χ2v) is 5.13. The zero-order valence-corrected chi connectivity index (χ0v) is 12.4. The molecule has 0 unspecified atom stereocenters.